The second-order valence-corrected chi connectivity index (χ2v) is 4.95. The third-order valence-corrected chi connectivity index (χ3v) is 3.63. The van der Waals surface area contributed by atoms with Gasteiger partial charge in [0.15, 0.2) is 5.82 Å². The van der Waals surface area contributed by atoms with Crippen LogP contribution in [0.4, 0.5) is 4.39 Å². The molecule has 2 aromatic rings. The van der Waals surface area contributed by atoms with Gasteiger partial charge in [-0.2, -0.15) is 4.98 Å². The van der Waals surface area contributed by atoms with Crippen molar-refractivity contribution < 1.29 is 8.91 Å². The maximum atomic E-state index is 13.5. The quantitative estimate of drug-likeness (QED) is 0.920. The molecule has 4 nitrogen and oxygen atoms in total. The predicted molar refractivity (Wildman–Crippen MR) is 68.3 cm³/mol. The van der Waals surface area contributed by atoms with Crippen molar-refractivity contribution in [3.05, 3.63) is 47.4 Å². The van der Waals surface area contributed by atoms with Crippen molar-refractivity contribution in [2.45, 2.75) is 31.7 Å². The van der Waals surface area contributed by atoms with E-state index in [4.69, 9.17) is 4.52 Å². The van der Waals surface area contributed by atoms with Gasteiger partial charge in [0.2, 0.25) is 5.89 Å². The summed E-state index contributed by atoms with van der Waals surface area (Å²) in [6.07, 6.45) is 1.37. The van der Waals surface area contributed by atoms with E-state index in [0.717, 1.165) is 13.0 Å². The number of aromatic nitrogens is 2. The molecule has 0 radical (unpaired) electrons. The summed E-state index contributed by atoms with van der Waals surface area (Å²) in [5.74, 6) is 1.23. The van der Waals surface area contributed by atoms with Crippen LogP contribution in [0.5, 0.6) is 0 Å². The number of rotatable bonds is 3. The van der Waals surface area contributed by atoms with Crippen molar-refractivity contribution in [3.63, 3.8) is 0 Å². The Kier molecular flexibility index (Phi) is 3.29. The summed E-state index contributed by atoms with van der Waals surface area (Å²) < 4.78 is 18.9. The maximum absolute atomic E-state index is 13.5. The zero-order valence-electron chi connectivity index (χ0n) is 10.8. The minimum atomic E-state index is -0.232. The Morgan fingerprint density at radius 1 is 1.42 bits per heavy atom. The number of benzene rings is 1. The zero-order chi connectivity index (χ0) is 13.2. The Balaban J connectivity index is 1.77. The van der Waals surface area contributed by atoms with Crippen LogP contribution in [0.25, 0.3) is 0 Å². The normalized spacial score (nSPS) is 22.8. The van der Waals surface area contributed by atoms with Crippen LogP contribution in [0.1, 0.15) is 36.5 Å². The van der Waals surface area contributed by atoms with Gasteiger partial charge in [0, 0.05) is 12.5 Å². The van der Waals surface area contributed by atoms with Crippen LogP contribution in [-0.2, 0) is 6.42 Å². The Hall–Kier alpha value is -1.75. The van der Waals surface area contributed by atoms with E-state index >= 15 is 0 Å². The van der Waals surface area contributed by atoms with E-state index in [2.05, 4.69) is 22.4 Å². The van der Waals surface area contributed by atoms with Gasteiger partial charge in [-0.15, -0.1) is 0 Å². The van der Waals surface area contributed by atoms with Gasteiger partial charge in [0.05, 0.1) is 5.92 Å². The number of nitrogens with zero attached hydrogens (tertiary/aromatic N) is 2. The van der Waals surface area contributed by atoms with Crippen LogP contribution in [0.2, 0.25) is 0 Å². The first kappa shape index (κ1) is 12.3. The van der Waals surface area contributed by atoms with Crippen molar-refractivity contribution >= 4 is 0 Å². The number of nitrogens with one attached hydrogen (secondary N) is 1. The average Bonchev–Trinajstić information content (AvgIpc) is 3.01. The van der Waals surface area contributed by atoms with Crippen LogP contribution in [0.15, 0.2) is 28.8 Å². The Morgan fingerprint density at radius 2 is 2.26 bits per heavy atom. The second-order valence-electron chi connectivity index (χ2n) is 4.95. The fourth-order valence-electron chi connectivity index (χ4n) is 2.50. The van der Waals surface area contributed by atoms with Crippen molar-refractivity contribution in [1.29, 1.82) is 0 Å². The highest BCUT2D eigenvalue weighted by Gasteiger charge is 2.29. The molecular formula is C14H16FN3O. The Labute approximate surface area is 111 Å². The largest absolute Gasteiger partial charge is 0.339 e. The molecule has 1 fully saturated rings. The third kappa shape index (κ3) is 2.51. The SMILES string of the molecule is CC1NCCC1c1nc(Cc2ccccc2F)no1. The van der Waals surface area contributed by atoms with Gasteiger partial charge in [-0.3, -0.25) is 0 Å². The minimum Gasteiger partial charge on any atom is -0.339 e. The van der Waals surface area contributed by atoms with Crippen LogP contribution in [-0.4, -0.2) is 22.7 Å². The van der Waals surface area contributed by atoms with Crippen LogP contribution >= 0.6 is 0 Å². The molecule has 19 heavy (non-hydrogen) atoms. The Morgan fingerprint density at radius 3 is 3.00 bits per heavy atom. The molecule has 5 heteroatoms. The fraction of sp³-hybridized carbons (Fsp3) is 0.429. The van der Waals surface area contributed by atoms with Crippen molar-refractivity contribution in [3.8, 4) is 0 Å². The Bertz CT molecular complexity index is 569. The molecule has 3 rings (SSSR count). The topological polar surface area (TPSA) is 51.0 Å². The average molecular weight is 261 g/mol. The predicted octanol–water partition coefficient (Wildman–Crippen LogP) is 2.26. The lowest BCUT2D eigenvalue weighted by atomic mass is 10.0. The molecule has 1 aromatic carbocycles. The number of hydrogen-bond donors (Lipinski definition) is 1. The summed E-state index contributed by atoms with van der Waals surface area (Å²) in [5.41, 5.74) is 0.590. The summed E-state index contributed by atoms with van der Waals surface area (Å²) in [4.78, 5) is 4.39. The van der Waals surface area contributed by atoms with E-state index in [1.54, 1.807) is 12.1 Å². The lowest BCUT2D eigenvalue weighted by Crippen LogP contribution is -2.21. The summed E-state index contributed by atoms with van der Waals surface area (Å²) in [5, 5.41) is 7.30. The van der Waals surface area contributed by atoms with Crippen molar-refractivity contribution in [1.82, 2.24) is 15.5 Å². The molecule has 100 valence electrons. The smallest absolute Gasteiger partial charge is 0.231 e. The summed E-state index contributed by atoms with van der Waals surface area (Å²) in [7, 11) is 0. The molecule has 1 aliphatic rings. The second kappa shape index (κ2) is 5.09. The maximum Gasteiger partial charge on any atom is 0.231 e. The van der Waals surface area contributed by atoms with Gasteiger partial charge in [0.1, 0.15) is 5.82 Å². The van der Waals surface area contributed by atoms with Gasteiger partial charge >= 0.3 is 0 Å². The molecule has 0 bridgehead atoms. The van der Waals surface area contributed by atoms with Crippen LogP contribution in [0, 0.1) is 5.82 Å². The van der Waals surface area contributed by atoms with E-state index in [0.29, 0.717) is 29.7 Å². The van der Waals surface area contributed by atoms with Gasteiger partial charge in [-0.05, 0) is 31.5 Å². The lowest BCUT2D eigenvalue weighted by Gasteiger charge is -2.08. The first-order valence-corrected chi connectivity index (χ1v) is 6.53. The third-order valence-electron chi connectivity index (χ3n) is 3.63. The fourth-order valence-corrected chi connectivity index (χ4v) is 2.50. The molecule has 2 atom stereocenters. The van der Waals surface area contributed by atoms with E-state index in [1.165, 1.54) is 6.07 Å². The summed E-state index contributed by atoms with van der Waals surface area (Å²) >= 11 is 0. The van der Waals surface area contributed by atoms with Gasteiger partial charge < -0.3 is 9.84 Å². The molecule has 1 N–H and O–H groups in total. The van der Waals surface area contributed by atoms with E-state index < -0.39 is 0 Å². The highest BCUT2D eigenvalue weighted by atomic mass is 19.1. The van der Waals surface area contributed by atoms with E-state index in [9.17, 15) is 4.39 Å². The zero-order valence-corrected chi connectivity index (χ0v) is 10.8. The molecule has 2 unspecified atom stereocenters. The highest BCUT2D eigenvalue weighted by molar-refractivity contribution is 5.20. The number of halogens is 1. The molecule has 0 spiro atoms. The highest BCUT2D eigenvalue weighted by Crippen LogP contribution is 2.26. The standard InChI is InChI=1S/C14H16FN3O/c1-9-11(6-7-16-9)14-17-13(18-19-14)8-10-4-2-3-5-12(10)15/h2-5,9,11,16H,6-8H2,1H3. The van der Waals surface area contributed by atoms with Gasteiger partial charge in [-0.1, -0.05) is 23.4 Å². The molecule has 0 saturated carbocycles. The first-order chi connectivity index (χ1) is 9.24. The molecule has 1 aliphatic heterocycles. The molecule has 1 saturated heterocycles. The van der Waals surface area contributed by atoms with Crippen molar-refractivity contribution in [2.75, 3.05) is 6.54 Å². The molecular weight excluding hydrogens is 245 g/mol. The summed E-state index contributed by atoms with van der Waals surface area (Å²) in [6, 6.07) is 7.01. The van der Waals surface area contributed by atoms with E-state index in [1.807, 2.05) is 6.07 Å². The monoisotopic (exact) mass is 261 g/mol. The molecule has 2 heterocycles. The summed E-state index contributed by atoms with van der Waals surface area (Å²) in [6.45, 7) is 3.08. The molecule has 1 aromatic heterocycles. The van der Waals surface area contributed by atoms with E-state index in [-0.39, 0.29) is 11.7 Å². The minimum absolute atomic E-state index is 0.232. The van der Waals surface area contributed by atoms with Gasteiger partial charge in [0.25, 0.3) is 0 Å². The number of hydrogen-bond acceptors (Lipinski definition) is 4. The van der Waals surface area contributed by atoms with Gasteiger partial charge in [-0.25, -0.2) is 4.39 Å². The van der Waals surface area contributed by atoms with Crippen LogP contribution < -0.4 is 5.32 Å². The first-order valence-electron chi connectivity index (χ1n) is 6.53. The van der Waals surface area contributed by atoms with Crippen LogP contribution in [0.3, 0.4) is 0 Å². The molecule has 0 aliphatic carbocycles. The molecule has 0 amide bonds. The van der Waals surface area contributed by atoms with Crippen molar-refractivity contribution in [2.24, 2.45) is 0 Å². The lowest BCUT2D eigenvalue weighted by molar-refractivity contribution is 0.342.